The minimum atomic E-state index is -6.53. The molecule has 1 unspecified atom stereocenters. The lowest BCUT2D eigenvalue weighted by atomic mass is 9.95. The van der Waals surface area contributed by atoms with Gasteiger partial charge >= 0.3 is 18.0 Å². The van der Waals surface area contributed by atoms with Crippen LogP contribution in [0.3, 0.4) is 0 Å². The third kappa shape index (κ3) is 9.69. The largest absolute Gasteiger partial charge is 0.459 e. The van der Waals surface area contributed by atoms with Gasteiger partial charge in [0, 0.05) is 36.2 Å². The first kappa shape index (κ1) is 35.6. The minimum absolute atomic E-state index is 0.135. The fourth-order valence-corrected chi connectivity index (χ4v) is 4.30. The molecule has 0 spiro atoms. The first-order chi connectivity index (χ1) is 20.0. The van der Waals surface area contributed by atoms with Gasteiger partial charge in [0.15, 0.2) is 0 Å². The van der Waals surface area contributed by atoms with Crippen molar-refractivity contribution in [2.75, 3.05) is 19.6 Å². The average molecular weight is 619 g/mol. The quantitative estimate of drug-likeness (QED) is 0.238. The van der Waals surface area contributed by atoms with Gasteiger partial charge in [0.25, 0.3) is 11.8 Å². The van der Waals surface area contributed by atoms with E-state index in [9.17, 15) is 45.1 Å². The maximum Gasteiger partial charge on any atom is 0.459 e. The molecule has 0 aliphatic carbocycles. The molecule has 0 saturated carbocycles. The third-order valence-corrected chi connectivity index (χ3v) is 6.55. The molecular weight excluding hydrogens is 583 g/mol. The van der Waals surface area contributed by atoms with E-state index in [1.807, 2.05) is 13.8 Å². The van der Waals surface area contributed by atoms with Crippen LogP contribution in [-0.2, 0) is 11.2 Å². The second-order valence-corrected chi connectivity index (χ2v) is 10.2. The fourth-order valence-electron chi connectivity index (χ4n) is 4.30. The summed E-state index contributed by atoms with van der Waals surface area (Å²) in [5, 5.41) is 4.15. The number of carbonyl (C=O) groups is 3. The maximum absolute atomic E-state index is 13.7. The molecule has 2 atom stereocenters. The summed E-state index contributed by atoms with van der Waals surface area (Å²) in [6.45, 7) is 6.21. The van der Waals surface area contributed by atoms with Crippen LogP contribution in [0, 0.1) is 12.8 Å². The van der Waals surface area contributed by atoms with Gasteiger partial charge in [0.1, 0.15) is 0 Å². The van der Waals surface area contributed by atoms with Gasteiger partial charge in [-0.1, -0.05) is 50.2 Å². The zero-order chi connectivity index (χ0) is 32.4. The Morgan fingerprint density at radius 1 is 0.860 bits per heavy atom. The van der Waals surface area contributed by atoms with E-state index in [-0.39, 0.29) is 24.3 Å². The van der Waals surface area contributed by atoms with Gasteiger partial charge in [0.05, 0.1) is 6.54 Å². The maximum atomic E-state index is 13.7. The lowest BCUT2D eigenvalue weighted by Crippen LogP contribution is -2.57. The van der Waals surface area contributed by atoms with Gasteiger partial charge in [-0.15, -0.1) is 0 Å². The molecule has 0 fully saturated rings. The molecule has 237 valence electrons. The van der Waals surface area contributed by atoms with E-state index in [0.717, 1.165) is 18.4 Å². The average Bonchev–Trinajstić information content (AvgIpc) is 2.95. The van der Waals surface area contributed by atoms with E-state index in [0.29, 0.717) is 18.7 Å². The van der Waals surface area contributed by atoms with Crippen molar-refractivity contribution in [2.24, 2.45) is 5.92 Å². The first-order valence-electron chi connectivity index (χ1n) is 13.7. The topological polar surface area (TPSA) is 78.5 Å². The summed E-state index contributed by atoms with van der Waals surface area (Å²) in [6, 6.07) is 13.8. The van der Waals surface area contributed by atoms with Gasteiger partial charge in [-0.2, -0.15) is 30.7 Å². The van der Waals surface area contributed by atoms with Crippen molar-refractivity contribution < 1.29 is 45.1 Å². The van der Waals surface area contributed by atoms with Crippen LogP contribution in [0.15, 0.2) is 54.6 Å². The number of amides is 3. The second kappa shape index (κ2) is 15.2. The van der Waals surface area contributed by atoms with Crippen molar-refractivity contribution in [3.63, 3.8) is 0 Å². The van der Waals surface area contributed by atoms with Gasteiger partial charge in [-0.25, -0.2) is 0 Å². The van der Waals surface area contributed by atoms with Gasteiger partial charge < -0.3 is 15.5 Å². The summed E-state index contributed by atoms with van der Waals surface area (Å²) >= 11 is 0. The highest BCUT2D eigenvalue weighted by Gasteiger charge is 2.72. The molecule has 13 heteroatoms. The van der Waals surface area contributed by atoms with Crippen LogP contribution in [-0.4, -0.2) is 66.3 Å². The highest BCUT2D eigenvalue weighted by Crippen LogP contribution is 2.46. The Morgan fingerprint density at radius 3 is 2.00 bits per heavy atom. The van der Waals surface area contributed by atoms with Crippen LogP contribution in [0.4, 0.5) is 30.7 Å². The zero-order valence-corrected chi connectivity index (χ0v) is 23.8. The predicted molar refractivity (Wildman–Crippen MR) is 147 cm³/mol. The predicted octanol–water partition coefficient (Wildman–Crippen LogP) is 6.08. The summed E-state index contributed by atoms with van der Waals surface area (Å²) in [4.78, 5) is 40.3. The first-order valence-corrected chi connectivity index (χ1v) is 13.7. The number of hydrogen-bond donors (Lipinski definition) is 2. The number of rotatable bonds is 15. The Bertz CT molecular complexity index is 1220. The summed E-state index contributed by atoms with van der Waals surface area (Å²) < 4.78 is 91.0. The number of alkyl halides is 7. The molecule has 3 amide bonds. The molecule has 0 saturated heterocycles. The summed E-state index contributed by atoms with van der Waals surface area (Å²) in [7, 11) is 0. The smallest absolute Gasteiger partial charge is 0.350 e. The number of carbonyl (C=O) groups excluding carboxylic acids is 3. The number of nitrogens with zero attached hydrogens (tertiary/aromatic N) is 1. The summed E-state index contributed by atoms with van der Waals surface area (Å²) in [5.74, 6) is -15.5. The summed E-state index contributed by atoms with van der Waals surface area (Å²) in [6.07, 6.45) is -5.16. The molecule has 0 aromatic heterocycles. The van der Waals surface area contributed by atoms with Gasteiger partial charge in [-0.05, 0) is 56.4 Å². The standard InChI is InChI=1S/C30H35F7N3O3/c1-4-14-40(15-5-2)27(43)23-13-9-12-22(18-23)26(42)39-24(17-21-10-7-6-8-11-21)16-20(3)25(41)38-19-28(31,32)29(33,34)30(35,36)37/h6-13,18,20,24H,3-5,14-17,19H2,1-2H3,(H,38,41)(H,39,42)/t20?,24-/m1/s1. The van der Waals surface area contributed by atoms with Crippen molar-refractivity contribution in [3.8, 4) is 0 Å². The van der Waals surface area contributed by atoms with Crippen LogP contribution in [0.5, 0.6) is 0 Å². The number of halogens is 7. The van der Waals surface area contributed by atoms with Gasteiger partial charge in [-0.3, -0.25) is 14.4 Å². The van der Waals surface area contributed by atoms with E-state index in [4.69, 9.17) is 0 Å². The molecule has 2 N–H and O–H groups in total. The molecule has 0 aliphatic heterocycles. The van der Waals surface area contributed by atoms with E-state index in [1.165, 1.54) is 17.4 Å². The Labute approximate surface area is 246 Å². The van der Waals surface area contributed by atoms with Crippen LogP contribution in [0.2, 0.25) is 0 Å². The molecule has 2 aromatic carbocycles. The molecule has 2 aromatic rings. The Kier molecular flexibility index (Phi) is 12.6. The minimum Gasteiger partial charge on any atom is -0.350 e. The lowest BCUT2D eigenvalue weighted by Gasteiger charge is -2.29. The Hall–Kier alpha value is -3.64. The van der Waals surface area contributed by atoms with Crippen molar-refractivity contribution in [1.82, 2.24) is 15.5 Å². The molecule has 43 heavy (non-hydrogen) atoms. The second-order valence-electron chi connectivity index (χ2n) is 10.2. The normalized spacial score (nSPS) is 13.6. The van der Waals surface area contributed by atoms with Crippen LogP contribution in [0.1, 0.15) is 59.4 Å². The van der Waals surface area contributed by atoms with Crippen molar-refractivity contribution in [2.45, 2.75) is 63.6 Å². The highest BCUT2D eigenvalue weighted by molar-refractivity contribution is 5.99. The van der Waals surface area contributed by atoms with Gasteiger partial charge in [0.2, 0.25) is 5.91 Å². The van der Waals surface area contributed by atoms with Crippen LogP contribution in [0.25, 0.3) is 0 Å². The Morgan fingerprint density at radius 2 is 1.44 bits per heavy atom. The number of nitrogens with one attached hydrogen (secondary N) is 2. The molecule has 6 nitrogen and oxygen atoms in total. The van der Waals surface area contributed by atoms with Crippen molar-refractivity contribution >= 4 is 17.7 Å². The summed E-state index contributed by atoms with van der Waals surface area (Å²) in [5.41, 5.74) is 1.14. The van der Waals surface area contributed by atoms with Crippen LogP contribution < -0.4 is 10.6 Å². The molecule has 0 aliphatic rings. The molecule has 2 rings (SSSR count). The van der Waals surface area contributed by atoms with Crippen molar-refractivity contribution in [3.05, 3.63) is 78.2 Å². The Balaban J connectivity index is 2.19. The highest BCUT2D eigenvalue weighted by atomic mass is 19.4. The molecule has 0 bridgehead atoms. The monoisotopic (exact) mass is 618 g/mol. The lowest BCUT2D eigenvalue weighted by molar-refractivity contribution is -0.352. The van der Waals surface area contributed by atoms with E-state index in [1.54, 1.807) is 47.4 Å². The van der Waals surface area contributed by atoms with E-state index >= 15 is 0 Å². The van der Waals surface area contributed by atoms with Crippen molar-refractivity contribution in [1.29, 1.82) is 0 Å². The fraction of sp³-hybridized carbons (Fsp3) is 0.467. The molecule has 1 radical (unpaired) electrons. The zero-order valence-electron chi connectivity index (χ0n) is 23.8. The molecular formula is C30H35F7N3O3. The number of hydrogen-bond acceptors (Lipinski definition) is 3. The van der Waals surface area contributed by atoms with E-state index in [2.05, 4.69) is 12.2 Å². The van der Waals surface area contributed by atoms with E-state index < -0.39 is 48.3 Å². The molecule has 0 heterocycles. The SMILES string of the molecule is [CH2]C(C[C@H](Cc1ccccc1)NC(=O)c1cccc(C(=O)N(CCC)CCC)c1)C(=O)NCC(F)(F)C(F)(F)C(F)(F)F. The third-order valence-electron chi connectivity index (χ3n) is 6.55. The van der Waals surface area contributed by atoms with Crippen LogP contribution >= 0.6 is 0 Å². The number of benzene rings is 2.